The fourth-order valence-electron chi connectivity index (χ4n) is 0.629. The molecule has 2 nitrogen and oxygen atoms in total. The highest BCUT2D eigenvalue weighted by Crippen LogP contribution is 2.40. The molecular formula is C6H7F6O2P. The van der Waals surface area contributed by atoms with Crippen molar-refractivity contribution < 1.29 is 35.6 Å². The molecule has 0 amide bonds. The Hall–Kier alpha value is -0.360. The molecule has 9 heteroatoms. The third-order valence-electron chi connectivity index (χ3n) is 1.22. The molecule has 0 aliphatic heterocycles. The molecular weight excluding hydrogens is 249 g/mol. The number of rotatable bonds is 3. The summed E-state index contributed by atoms with van der Waals surface area (Å²) in [5.41, 5.74) is 0. The van der Waals surface area contributed by atoms with Crippen molar-refractivity contribution in [2.45, 2.75) is 37.6 Å². The average molecular weight is 256 g/mol. The molecule has 0 atom stereocenters. The van der Waals surface area contributed by atoms with Crippen molar-refractivity contribution in [3.63, 3.8) is 0 Å². The van der Waals surface area contributed by atoms with Crippen LogP contribution in [-0.4, -0.2) is 23.8 Å². The van der Waals surface area contributed by atoms with E-state index in [9.17, 15) is 30.9 Å². The summed E-state index contributed by atoms with van der Waals surface area (Å²) in [5, 5.41) is -2.05. The quantitative estimate of drug-likeness (QED) is 0.570. The Morgan fingerprint density at radius 1 is 1.00 bits per heavy atom. The summed E-state index contributed by atoms with van der Waals surface area (Å²) in [5.74, 6) is 0. The van der Waals surface area contributed by atoms with Crippen LogP contribution in [0.5, 0.6) is 0 Å². The van der Waals surface area contributed by atoms with Gasteiger partial charge in [0.1, 0.15) is 5.34 Å². The van der Waals surface area contributed by atoms with Crippen LogP contribution in [0.25, 0.3) is 0 Å². The molecule has 0 radical (unpaired) electrons. The van der Waals surface area contributed by atoms with Crippen LogP contribution in [0.3, 0.4) is 0 Å². The molecule has 0 rings (SSSR count). The maximum atomic E-state index is 11.9. The van der Waals surface area contributed by atoms with Crippen LogP contribution < -0.4 is 0 Å². The fraction of sp³-hybridized carbons (Fsp3) is 1.00. The first-order valence-corrected chi connectivity index (χ1v) is 4.37. The Balaban J connectivity index is 4.93. The monoisotopic (exact) mass is 256 g/mol. The van der Waals surface area contributed by atoms with Crippen molar-refractivity contribution >= 4 is 8.46 Å². The molecule has 0 bridgehead atoms. The Kier molecular flexibility index (Phi) is 4.15. The zero-order chi connectivity index (χ0) is 12.5. The summed E-state index contributed by atoms with van der Waals surface area (Å²) in [6.45, 7) is 1.71. The van der Waals surface area contributed by atoms with Gasteiger partial charge >= 0.3 is 12.4 Å². The van der Waals surface area contributed by atoms with Crippen LogP contribution in [0.4, 0.5) is 26.3 Å². The number of hydrogen-bond acceptors (Lipinski definition) is 2. The van der Waals surface area contributed by atoms with Gasteiger partial charge in [-0.2, -0.15) is 26.3 Å². The molecule has 0 spiro atoms. The fourth-order valence-corrected chi connectivity index (χ4v) is 0.778. The van der Waals surface area contributed by atoms with Gasteiger partial charge in [-0.25, -0.2) is 0 Å². The molecule has 0 aromatic heterocycles. The van der Waals surface area contributed by atoms with E-state index >= 15 is 0 Å². The van der Waals surface area contributed by atoms with E-state index in [1.165, 1.54) is 0 Å². The first kappa shape index (κ1) is 14.6. The summed E-state index contributed by atoms with van der Waals surface area (Å²) < 4.78 is 85.6. The van der Waals surface area contributed by atoms with Gasteiger partial charge in [-0.3, -0.25) is 4.57 Å². The van der Waals surface area contributed by atoms with Crippen LogP contribution in [-0.2, 0) is 9.30 Å². The number of halogens is 6. The lowest BCUT2D eigenvalue weighted by atomic mass is 10.3. The lowest BCUT2D eigenvalue weighted by molar-refractivity contribution is -0.332. The molecule has 0 aliphatic carbocycles. The van der Waals surface area contributed by atoms with Gasteiger partial charge in [0, 0.05) is 0 Å². The predicted molar refractivity (Wildman–Crippen MR) is 38.7 cm³/mol. The molecule has 0 aromatic rings. The Morgan fingerprint density at radius 2 is 1.33 bits per heavy atom. The molecule has 0 N–H and O–H groups in total. The third-order valence-corrected chi connectivity index (χ3v) is 1.77. The van der Waals surface area contributed by atoms with Gasteiger partial charge in [-0.15, -0.1) is 0 Å². The minimum Gasteiger partial charge on any atom is -0.342 e. The van der Waals surface area contributed by atoms with Gasteiger partial charge < -0.3 is 4.74 Å². The van der Waals surface area contributed by atoms with Crippen molar-refractivity contribution in [2.24, 2.45) is 0 Å². The van der Waals surface area contributed by atoms with Gasteiger partial charge in [0.15, 0.2) is 8.46 Å². The van der Waals surface area contributed by atoms with Gasteiger partial charge in [-0.05, 0) is 13.8 Å². The highest BCUT2D eigenvalue weighted by molar-refractivity contribution is 7.25. The maximum absolute atomic E-state index is 11.9. The highest BCUT2D eigenvalue weighted by Gasteiger charge is 2.59. The molecule has 90 valence electrons. The second-order valence-corrected chi connectivity index (χ2v) is 4.38. The average Bonchev–Trinajstić information content (AvgIpc) is 1.96. The highest BCUT2D eigenvalue weighted by atomic mass is 31.1. The molecule has 0 aromatic carbocycles. The van der Waals surface area contributed by atoms with Gasteiger partial charge in [0.25, 0.3) is 6.10 Å². The molecule has 15 heavy (non-hydrogen) atoms. The zero-order valence-electron chi connectivity index (χ0n) is 7.61. The van der Waals surface area contributed by atoms with Crippen molar-refractivity contribution in [3.05, 3.63) is 0 Å². The first-order chi connectivity index (χ1) is 6.40. The topological polar surface area (TPSA) is 26.3 Å². The van der Waals surface area contributed by atoms with Crippen LogP contribution in [0.15, 0.2) is 0 Å². The number of alkyl halides is 6. The molecule has 0 saturated carbocycles. The smallest absolute Gasteiger partial charge is 0.342 e. The first-order valence-electron chi connectivity index (χ1n) is 3.56. The van der Waals surface area contributed by atoms with Crippen molar-refractivity contribution in [2.75, 3.05) is 0 Å². The van der Waals surface area contributed by atoms with E-state index in [0.29, 0.717) is 0 Å². The summed E-state index contributed by atoms with van der Waals surface area (Å²) in [6, 6.07) is 0. The Bertz CT molecular complexity index is 219. The normalized spacial score (nSPS) is 15.0. The maximum Gasteiger partial charge on any atom is 0.423 e. The standard InChI is InChI=1S/C6H7F6O2P/c1-4(2,15-13)14-3(5(7,8)9)6(10,11)12/h3H,1-2H3. The lowest BCUT2D eigenvalue weighted by Gasteiger charge is -2.28. The molecule has 0 aliphatic rings. The van der Waals surface area contributed by atoms with E-state index in [1.54, 1.807) is 0 Å². The second kappa shape index (κ2) is 4.25. The van der Waals surface area contributed by atoms with Crippen LogP contribution >= 0.6 is 8.46 Å². The third kappa shape index (κ3) is 4.79. The van der Waals surface area contributed by atoms with Gasteiger partial charge in [0.05, 0.1) is 0 Å². The summed E-state index contributed by atoms with van der Waals surface area (Å²) in [4.78, 5) is 0. The molecule has 0 heterocycles. The molecule has 0 saturated heterocycles. The zero-order valence-corrected chi connectivity index (χ0v) is 8.50. The largest absolute Gasteiger partial charge is 0.423 e. The minimum atomic E-state index is -5.58. The molecule has 0 fully saturated rings. The van der Waals surface area contributed by atoms with E-state index in [1.807, 2.05) is 0 Å². The predicted octanol–water partition coefficient (Wildman–Crippen LogP) is 3.52. The number of ether oxygens (including phenoxy) is 1. The lowest BCUT2D eigenvalue weighted by Crippen LogP contribution is -2.47. The van der Waals surface area contributed by atoms with E-state index in [-0.39, 0.29) is 0 Å². The van der Waals surface area contributed by atoms with Crippen LogP contribution in [0.2, 0.25) is 0 Å². The van der Waals surface area contributed by atoms with Crippen molar-refractivity contribution in [3.8, 4) is 0 Å². The van der Waals surface area contributed by atoms with E-state index in [0.717, 1.165) is 13.8 Å². The minimum absolute atomic E-state index is 0.853. The summed E-state index contributed by atoms with van der Waals surface area (Å²) in [7, 11) is -0.961. The summed E-state index contributed by atoms with van der Waals surface area (Å²) >= 11 is 0. The van der Waals surface area contributed by atoms with Gasteiger partial charge in [0.2, 0.25) is 0 Å². The number of hydrogen-bond donors (Lipinski definition) is 0. The van der Waals surface area contributed by atoms with E-state index in [2.05, 4.69) is 4.74 Å². The molecule has 0 unspecified atom stereocenters. The van der Waals surface area contributed by atoms with Crippen molar-refractivity contribution in [1.82, 2.24) is 0 Å². The van der Waals surface area contributed by atoms with Crippen LogP contribution in [0, 0.1) is 0 Å². The van der Waals surface area contributed by atoms with Crippen molar-refractivity contribution in [1.29, 1.82) is 0 Å². The Labute approximate surface area is 82.8 Å². The van der Waals surface area contributed by atoms with E-state index < -0.39 is 32.3 Å². The SMILES string of the molecule is CC(C)(OC(C(F)(F)F)C(F)(F)F)P=O. The Morgan fingerprint density at radius 3 is 1.53 bits per heavy atom. The second-order valence-electron chi connectivity index (χ2n) is 3.12. The summed E-state index contributed by atoms with van der Waals surface area (Å²) in [6.07, 6.45) is -15.1. The van der Waals surface area contributed by atoms with Gasteiger partial charge in [-0.1, -0.05) is 0 Å². The van der Waals surface area contributed by atoms with E-state index in [4.69, 9.17) is 0 Å². The van der Waals surface area contributed by atoms with Crippen LogP contribution in [0.1, 0.15) is 13.8 Å².